The average molecular weight is 382 g/mol. The van der Waals surface area contributed by atoms with Gasteiger partial charge in [0.25, 0.3) is 0 Å². The lowest BCUT2D eigenvalue weighted by Crippen LogP contribution is -2.25. The van der Waals surface area contributed by atoms with Crippen LogP contribution in [0.1, 0.15) is 20.3 Å². The van der Waals surface area contributed by atoms with Crippen molar-refractivity contribution in [3.63, 3.8) is 0 Å². The molecule has 0 aliphatic carbocycles. The number of rotatable bonds is 9. The van der Waals surface area contributed by atoms with Gasteiger partial charge in [-0.15, -0.1) is 10.2 Å². The molecule has 1 amide bonds. The minimum Gasteiger partial charge on any atom is -0.460 e. The average Bonchev–Trinajstić information content (AvgIpc) is 2.61. The van der Waals surface area contributed by atoms with E-state index in [1.807, 2.05) is 18.2 Å². The van der Waals surface area contributed by atoms with E-state index in [1.165, 1.54) is 0 Å². The molecule has 0 bridgehead atoms. The van der Waals surface area contributed by atoms with Crippen LogP contribution >= 0.6 is 0 Å². The van der Waals surface area contributed by atoms with Crippen LogP contribution in [0.3, 0.4) is 0 Å². The monoisotopic (exact) mass is 382 g/mol. The number of anilines is 2. The van der Waals surface area contributed by atoms with Gasteiger partial charge in [0.2, 0.25) is 5.91 Å². The molecule has 0 saturated heterocycles. The number of hydrogen-bond donors (Lipinski definition) is 3. The predicted octanol–water partition coefficient (Wildman–Crippen LogP) is 4.18. The minimum absolute atomic E-state index is 0.161. The zero-order chi connectivity index (χ0) is 20.5. The number of nitrogen functional groups attached to an aromatic ring is 1. The number of likely N-dealkylation sites (N-methyl/N-ethyl adjacent to an activating group) is 1. The van der Waals surface area contributed by atoms with Gasteiger partial charge >= 0.3 is 0 Å². The molecule has 0 aliphatic rings. The third kappa shape index (κ3) is 6.48. The van der Waals surface area contributed by atoms with Crippen LogP contribution in [0.5, 0.6) is 5.75 Å². The topological polar surface area (TPSA) is 114 Å². The van der Waals surface area contributed by atoms with E-state index in [2.05, 4.69) is 46.3 Å². The van der Waals surface area contributed by atoms with Crippen molar-refractivity contribution in [3.8, 4) is 5.75 Å². The second kappa shape index (κ2) is 10.2. The first-order valence-electron chi connectivity index (χ1n) is 8.96. The lowest BCUT2D eigenvalue weighted by atomic mass is 10.1. The highest BCUT2D eigenvalue weighted by molar-refractivity contribution is 5.91. The Morgan fingerprint density at radius 2 is 1.93 bits per heavy atom. The molecule has 0 spiro atoms. The zero-order valence-corrected chi connectivity index (χ0v) is 16.4. The second-order valence-corrected chi connectivity index (χ2v) is 6.59. The summed E-state index contributed by atoms with van der Waals surface area (Å²) in [6.45, 7) is 8.33. The SMILES string of the molecule is C=C(CC(C)C)Oc1ccccc1/N=N/c1ccc(NC(=O)CNC)nc1N. The second-order valence-electron chi connectivity index (χ2n) is 6.59. The van der Waals surface area contributed by atoms with Crippen LogP contribution in [-0.2, 0) is 4.79 Å². The number of hydrogen-bond acceptors (Lipinski definition) is 7. The van der Waals surface area contributed by atoms with Gasteiger partial charge in [-0.2, -0.15) is 0 Å². The fraction of sp³-hybridized carbons (Fsp3) is 0.300. The normalized spacial score (nSPS) is 11.0. The molecule has 2 aromatic rings. The fourth-order valence-corrected chi connectivity index (χ4v) is 2.36. The quantitative estimate of drug-likeness (QED) is 0.445. The van der Waals surface area contributed by atoms with E-state index in [1.54, 1.807) is 25.2 Å². The number of aromatic nitrogens is 1. The molecule has 8 heteroatoms. The number of nitrogens with one attached hydrogen (secondary N) is 2. The predicted molar refractivity (Wildman–Crippen MR) is 111 cm³/mol. The molecule has 28 heavy (non-hydrogen) atoms. The first-order chi connectivity index (χ1) is 13.4. The maximum atomic E-state index is 11.6. The van der Waals surface area contributed by atoms with E-state index in [9.17, 15) is 4.79 Å². The van der Waals surface area contributed by atoms with Gasteiger partial charge in [0, 0.05) is 6.42 Å². The van der Waals surface area contributed by atoms with Crippen LogP contribution < -0.4 is 21.1 Å². The molecule has 1 aromatic carbocycles. The number of allylic oxidation sites excluding steroid dienone is 1. The first kappa shape index (κ1) is 21.0. The lowest BCUT2D eigenvalue weighted by Gasteiger charge is -2.12. The molecular formula is C20H26N6O2. The summed E-state index contributed by atoms with van der Waals surface area (Å²) in [5, 5.41) is 13.8. The highest BCUT2D eigenvalue weighted by Gasteiger charge is 2.08. The summed E-state index contributed by atoms with van der Waals surface area (Å²) >= 11 is 0. The summed E-state index contributed by atoms with van der Waals surface area (Å²) in [5.74, 6) is 1.98. The van der Waals surface area contributed by atoms with Crippen molar-refractivity contribution in [2.75, 3.05) is 24.6 Å². The van der Waals surface area contributed by atoms with Crippen LogP contribution in [-0.4, -0.2) is 24.5 Å². The van der Waals surface area contributed by atoms with E-state index in [0.29, 0.717) is 34.6 Å². The van der Waals surface area contributed by atoms with Gasteiger partial charge in [-0.1, -0.05) is 32.6 Å². The van der Waals surface area contributed by atoms with E-state index >= 15 is 0 Å². The summed E-state index contributed by atoms with van der Waals surface area (Å²) < 4.78 is 5.81. The number of azo groups is 1. The Balaban J connectivity index is 2.13. The summed E-state index contributed by atoms with van der Waals surface area (Å²) in [6.07, 6.45) is 0.753. The van der Waals surface area contributed by atoms with Gasteiger partial charge in [0.1, 0.15) is 17.2 Å². The largest absolute Gasteiger partial charge is 0.460 e. The van der Waals surface area contributed by atoms with Crippen molar-refractivity contribution in [1.29, 1.82) is 0 Å². The van der Waals surface area contributed by atoms with Crippen LogP contribution in [0.25, 0.3) is 0 Å². The molecular weight excluding hydrogens is 356 g/mol. The Labute approximate surface area is 164 Å². The van der Waals surface area contributed by atoms with Crippen molar-refractivity contribution in [3.05, 3.63) is 48.7 Å². The lowest BCUT2D eigenvalue weighted by molar-refractivity contribution is -0.115. The molecule has 0 radical (unpaired) electrons. The molecule has 2 rings (SSSR count). The van der Waals surface area contributed by atoms with Crippen molar-refractivity contribution in [1.82, 2.24) is 10.3 Å². The summed E-state index contributed by atoms with van der Waals surface area (Å²) in [5.41, 5.74) is 6.88. The molecule has 0 fully saturated rings. The zero-order valence-electron chi connectivity index (χ0n) is 16.4. The van der Waals surface area contributed by atoms with Gasteiger partial charge in [0.05, 0.1) is 12.3 Å². The van der Waals surface area contributed by atoms with E-state index in [4.69, 9.17) is 10.5 Å². The maximum absolute atomic E-state index is 11.6. The van der Waals surface area contributed by atoms with Gasteiger partial charge in [-0.05, 0) is 37.2 Å². The number of pyridine rings is 1. The molecule has 4 N–H and O–H groups in total. The summed E-state index contributed by atoms with van der Waals surface area (Å²) in [4.78, 5) is 15.7. The third-order valence-corrected chi connectivity index (χ3v) is 3.53. The molecule has 0 unspecified atom stereocenters. The van der Waals surface area contributed by atoms with Crippen LogP contribution in [0.4, 0.5) is 23.0 Å². The molecule has 0 atom stereocenters. The number of benzene rings is 1. The summed E-state index contributed by atoms with van der Waals surface area (Å²) in [6, 6.07) is 10.6. The van der Waals surface area contributed by atoms with E-state index in [-0.39, 0.29) is 18.3 Å². The minimum atomic E-state index is -0.212. The number of carbonyl (C=O) groups excluding carboxylic acids is 1. The van der Waals surface area contributed by atoms with Gasteiger partial charge in [0.15, 0.2) is 11.6 Å². The van der Waals surface area contributed by atoms with E-state index < -0.39 is 0 Å². The highest BCUT2D eigenvalue weighted by Crippen LogP contribution is 2.32. The number of nitrogens with two attached hydrogens (primary N) is 1. The number of nitrogens with zero attached hydrogens (tertiary/aromatic N) is 3. The van der Waals surface area contributed by atoms with Crippen molar-refractivity contribution < 1.29 is 9.53 Å². The third-order valence-electron chi connectivity index (χ3n) is 3.53. The molecule has 0 aliphatic heterocycles. The Morgan fingerprint density at radius 3 is 2.61 bits per heavy atom. The number of amides is 1. The standard InChI is InChI=1S/C20H26N6O2/c1-13(2)11-14(3)28-17-8-6-5-7-15(17)25-26-16-9-10-18(24-20(16)21)23-19(27)12-22-4/h5-10,13,22H,3,11-12H2,1-2,4H3,(H3,21,23,24,27)/b26-25+. The molecule has 8 nitrogen and oxygen atoms in total. The van der Waals surface area contributed by atoms with Gasteiger partial charge in [-0.25, -0.2) is 4.98 Å². The molecule has 0 saturated carbocycles. The Morgan fingerprint density at radius 1 is 1.21 bits per heavy atom. The van der Waals surface area contributed by atoms with Crippen LogP contribution in [0.15, 0.2) is 59.0 Å². The number of carbonyl (C=O) groups is 1. The maximum Gasteiger partial charge on any atom is 0.239 e. The van der Waals surface area contributed by atoms with E-state index in [0.717, 1.165) is 6.42 Å². The smallest absolute Gasteiger partial charge is 0.239 e. The fourth-order valence-electron chi connectivity index (χ4n) is 2.36. The Kier molecular flexibility index (Phi) is 7.65. The van der Waals surface area contributed by atoms with Gasteiger partial charge < -0.3 is 21.1 Å². The Hall–Kier alpha value is -3.26. The highest BCUT2D eigenvalue weighted by atomic mass is 16.5. The molecule has 148 valence electrons. The van der Waals surface area contributed by atoms with Crippen LogP contribution in [0.2, 0.25) is 0 Å². The van der Waals surface area contributed by atoms with Crippen molar-refractivity contribution >= 4 is 28.9 Å². The van der Waals surface area contributed by atoms with Crippen LogP contribution in [0, 0.1) is 5.92 Å². The summed E-state index contributed by atoms with van der Waals surface area (Å²) in [7, 11) is 1.69. The van der Waals surface area contributed by atoms with Crippen molar-refractivity contribution in [2.24, 2.45) is 16.1 Å². The van der Waals surface area contributed by atoms with Crippen molar-refractivity contribution in [2.45, 2.75) is 20.3 Å². The van der Waals surface area contributed by atoms with Gasteiger partial charge in [-0.3, -0.25) is 4.79 Å². The Bertz CT molecular complexity index is 864. The number of para-hydroxylation sites is 1. The molecule has 1 aromatic heterocycles. The molecule has 1 heterocycles. The number of ether oxygens (including phenoxy) is 1. The first-order valence-corrected chi connectivity index (χ1v) is 8.96.